The van der Waals surface area contributed by atoms with Gasteiger partial charge in [0.15, 0.2) is 0 Å². The topological polar surface area (TPSA) is 69.2 Å². The smallest absolute Gasteiger partial charge is 0.258 e. The van der Waals surface area contributed by atoms with Gasteiger partial charge in [0.25, 0.3) is 5.56 Å². The normalized spacial score (nSPS) is 18.4. The van der Waals surface area contributed by atoms with E-state index >= 15 is 0 Å². The van der Waals surface area contributed by atoms with Crippen molar-refractivity contribution in [2.24, 2.45) is 5.92 Å². The van der Waals surface area contributed by atoms with E-state index in [1.807, 2.05) is 48.5 Å². The number of nitrogens with zero attached hydrogens (tertiary/aromatic N) is 2. The molecule has 1 fully saturated rings. The van der Waals surface area contributed by atoms with Gasteiger partial charge in [-0.25, -0.2) is 4.98 Å². The third-order valence-electron chi connectivity index (χ3n) is 5.74. The van der Waals surface area contributed by atoms with Crippen LogP contribution in [0.4, 0.5) is 0 Å². The summed E-state index contributed by atoms with van der Waals surface area (Å²) in [5.41, 5.74) is 1.64. The van der Waals surface area contributed by atoms with Crippen molar-refractivity contribution in [3.63, 3.8) is 0 Å². The molecule has 27 heavy (non-hydrogen) atoms. The summed E-state index contributed by atoms with van der Waals surface area (Å²) in [6, 6.07) is 17.4. The molecule has 1 aliphatic heterocycles. The monoisotopic (exact) mass is 363 g/mol. The standard InChI is InChI=1S/C22H25N3O2/c1-15(21-23-19-10-6-5-9-18(19)22(27)24-21)25-13-11-17(12-14-25)20(26)16-7-3-2-4-8-16/h2-10,15,17,20,26H,11-14H2,1H3,(H,23,24,27)/t15-,20-/m1/s1. The number of aliphatic hydroxyl groups excluding tert-OH is 1. The molecule has 0 bridgehead atoms. The molecule has 2 atom stereocenters. The van der Waals surface area contributed by atoms with E-state index in [2.05, 4.69) is 21.8 Å². The molecule has 0 amide bonds. The van der Waals surface area contributed by atoms with Crippen molar-refractivity contribution >= 4 is 10.9 Å². The van der Waals surface area contributed by atoms with Crippen LogP contribution in [0.25, 0.3) is 10.9 Å². The van der Waals surface area contributed by atoms with Crippen molar-refractivity contribution in [2.75, 3.05) is 13.1 Å². The zero-order chi connectivity index (χ0) is 18.8. The Balaban J connectivity index is 1.46. The Morgan fingerprint density at radius 3 is 2.48 bits per heavy atom. The van der Waals surface area contributed by atoms with Crippen molar-refractivity contribution in [1.82, 2.24) is 14.9 Å². The van der Waals surface area contributed by atoms with Gasteiger partial charge in [-0.15, -0.1) is 0 Å². The molecule has 3 aromatic rings. The predicted molar refractivity (Wildman–Crippen MR) is 106 cm³/mol. The number of aliphatic hydroxyl groups is 1. The highest BCUT2D eigenvalue weighted by Gasteiger charge is 2.29. The molecule has 2 N–H and O–H groups in total. The molecule has 0 unspecified atom stereocenters. The average Bonchev–Trinajstić information content (AvgIpc) is 2.73. The number of aromatic amines is 1. The number of likely N-dealkylation sites (tertiary alicyclic amines) is 1. The van der Waals surface area contributed by atoms with Gasteiger partial charge in [-0.1, -0.05) is 42.5 Å². The Bertz CT molecular complexity index is 962. The molecule has 1 aliphatic rings. The summed E-state index contributed by atoms with van der Waals surface area (Å²) < 4.78 is 0. The Hall–Kier alpha value is -2.50. The quantitative estimate of drug-likeness (QED) is 0.745. The molecule has 0 spiro atoms. The van der Waals surface area contributed by atoms with E-state index in [1.54, 1.807) is 6.07 Å². The van der Waals surface area contributed by atoms with Gasteiger partial charge in [0.05, 0.1) is 23.0 Å². The number of benzene rings is 2. The minimum absolute atomic E-state index is 0.0390. The summed E-state index contributed by atoms with van der Waals surface area (Å²) in [5, 5.41) is 11.3. The van der Waals surface area contributed by atoms with Crippen LogP contribution in [-0.2, 0) is 0 Å². The first-order valence-electron chi connectivity index (χ1n) is 9.59. The highest BCUT2D eigenvalue weighted by atomic mass is 16.3. The first-order valence-corrected chi connectivity index (χ1v) is 9.59. The molecule has 5 nitrogen and oxygen atoms in total. The second-order valence-corrected chi connectivity index (χ2v) is 7.37. The molecular formula is C22H25N3O2. The molecule has 4 rings (SSSR count). The number of H-pyrrole nitrogens is 1. The second kappa shape index (κ2) is 7.62. The number of para-hydroxylation sites is 1. The molecule has 2 aromatic carbocycles. The Labute approximate surface area is 158 Å². The van der Waals surface area contributed by atoms with E-state index in [1.165, 1.54) is 0 Å². The van der Waals surface area contributed by atoms with Crippen LogP contribution >= 0.6 is 0 Å². The van der Waals surface area contributed by atoms with Gasteiger partial charge in [0, 0.05) is 0 Å². The van der Waals surface area contributed by atoms with Crippen LogP contribution in [0.2, 0.25) is 0 Å². The lowest BCUT2D eigenvalue weighted by molar-refractivity contribution is 0.0460. The number of hydrogen-bond donors (Lipinski definition) is 2. The summed E-state index contributed by atoms with van der Waals surface area (Å²) in [6.07, 6.45) is 1.44. The summed E-state index contributed by atoms with van der Waals surface area (Å²) in [5.74, 6) is 0.972. The van der Waals surface area contributed by atoms with E-state index in [-0.39, 0.29) is 17.5 Å². The minimum Gasteiger partial charge on any atom is -0.388 e. The number of hydrogen-bond acceptors (Lipinski definition) is 4. The van der Waals surface area contributed by atoms with Crippen LogP contribution < -0.4 is 5.56 Å². The molecule has 1 aromatic heterocycles. The zero-order valence-electron chi connectivity index (χ0n) is 15.5. The fourth-order valence-electron chi connectivity index (χ4n) is 4.02. The maximum atomic E-state index is 12.3. The average molecular weight is 363 g/mol. The van der Waals surface area contributed by atoms with Crippen molar-refractivity contribution in [1.29, 1.82) is 0 Å². The molecule has 0 saturated carbocycles. The first-order chi connectivity index (χ1) is 13.1. The van der Waals surface area contributed by atoms with Gasteiger partial charge in [0.1, 0.15) is 5.82 Å². The number of piperidine rings is 1. The van der Waals surface area contributed by atoms with Crippen LogP contribution in [0.15, 0.2) is 59.4 Å². The first kappa shape index (κ1) is 17.9. The number of aromatic nitrogens is 2. The SMILES string of the molecule is C[C@H](c1nc2ccccc2c(=O)[nH]1)N1CCC([C@H](O)c2ccccc2)CC1. The Morgan fingerprint density at radius 1 is 1.07 bits per heavy atom. The molecule has 0 aliphatic carbocycles. The largest absolute Gasteiger partial charge is 0.388 e. The lowest BCUT2D eigenvalue weighted by Crippen LogP contribution is -2.38. The van der Waals surface area contributed by atoms with Gasteiger partial charge >= 0.3 is 0 Å². The van der Waals surface area contributed by atoms with E-state index in [9.17, 15) is 9.90 Å². The molecule has 2 heterocycles. The minimum atomic E-state index is -0.415. The van der Waals surface area contributed by atoms with Crippen molar-refractivity contribution in [3.05, 3.63) is 76.3 Å². The van der Waals surface area contributed by atoms with Crippen molar-refractivity contribution in [3.8, 4) is 0 Å². The third-order valence-corrected chi connectivity index (χ3v) is 5.74. The Kier molecular flexibility index (Phi) is 5.05. The van der Waals surface area contributed by atoms with E-state index in [4.69, 9.17) is 0 Å². The van der Waals surface area contributed by atoms with Crippen molar-refractivity contribution in [2.45, 2.75) is 31.9 Å². The summed E-state index contributed by atoms with van der Waals surface area (Å²) in [6.45, 7) is 3.85. The highest BCUT2D eigenvalue weighted by Crippen LogP contribution is 2.33. The summed E-state index contributed by atoms with van der Waals surface area (Å²) >= 11 is 0. The molecular weight excluding hydrogens is 338 g/mol. The highest BCUT2D eigenvalue weighted by molar-refractivity contribution is 5.77. The van der Waals surface area contributed by atoms with Gasteiger partial charge in [-0.2, -0.15) is 0 Å². The maximum Gasteiger partial charge on any atom is 0.258 e. The summed E-state index contributed by atoms with van der Waals surface area (Å²) in [7, 11) is 0. The molecule has 0 radical (unpaired) electrons. The van der Waals surface area contributed by atoms with Crippen LogP contribution in [0.3, 0.4) is 0 Å². The number of nitrogens with one attached hydrogen (secondary N) is 1. The van der Waals surface area contributed by atoms with E-state index < -0.39 is 6.10 Å². The van der Waals surface area contributed by atoms with E-state index in [0.717, 1.165) is 37.0 Å². The lowest BCUT2D eigenvalue weighted by Gasteiger charge is -2.37. The van der Waals surface area contributed by atoms with Gasteiger partial charge in [-0.3, -0.25) is 9.69 Å². The number of fused-ring (bicyclic) bond motifs is 1. The second-order valence-electron chi connectivity index (χ2n) is 7.37. The summed E-state index contributed by atoms with van der Waals surface area (Å²) in [4.78, 5) is 22.3. The zero-order valence-corrected chi connectivity index (χ0v) is 15.5. The van der Waals surface area contributed by atoms with Gasteiger partial charge in [-0.05, 0) is 56.5 Å². The number of rotatable bonds is 4. The molecule has 140 valence electrons. The van der Waals surface area contributed by atoms with E-state index in [0.29, 0.717) is 11.2 Å². The van der Waals surface area contributed by atoms with Crippen LogP contribution in [0.1, 0.15) is 43.3 Å². The van der Waals surface area contributed by atoms with Crippen LogP contribution in [-0.4, -0.2) is 33.1 Å². The maximum absolute atomic E-state index is 12.3. The van der Waals surface area contributed by atoms with Gasteiger partial charge < -0.3 is 10.1 Å². The predicted octanol–water partition coefficient (Wildman–Crippen LogP) is 3.43. The molecule has 5 heteroatoms. The van der Waals surface area contributed by atoms with Gasteiger partial charge in [0.2, 0.25) is 0 Å². The van der Waals surface area contributed by atoms with Crippen LogP contribution in [0, 0.1) is 5.92 Å². The fourth-order valence-corrected chi connectivity index (χ4v) is 4.02. The van der Waals surface area contributed by atoms with Crippen molar-refractivity contribution < 1.29 is 5.11 Å². The fraction of sp³-hybridized carbons (Fsp3) is 0.364. The van der Waals surface area contributed by atoms with Crippen LogP contribution in [0.5, 0.6) is 0 Å². The third kappa shape index (κ3) is 3.66. The molecule has 1 saturated heterocycles. The Morgan fingerprint density at radius 2 is 1.74 bits per heavy atom. The lowest BCUT2D eigenvalue weighted by atomic mass is 9.87.